The zero-order chi connectivity index (χ0) is 18.8. The highest BCUT2D eigenvalue weighted by Crippen LogP contribution is 2.38. The molecular formula is C20H21BrN4O2. The summed E-state index contributed by atoms with van der Waals surface area (Å²) in [4.78, 5) is 24.7. The van der Waals surface area contributed by atoms with Gasteiger partial charge in [-0.25, -0.2) is 4.98 Å². The third-order valence-corrected chi connectivity index (χ3v) is 5.62. The molecule has 140 valence electrons. The molecule has 1 amide bonds. The van der Waals surface area contributed by atoms with Crippen LogP contribution in [0, 0.1) is 5.92 Å². The number of hydrogen-bond donors (Lipinski definition) is 1. The SMILES string of the molecule is CON=C1CCC(C(=O)N2Cc3cccnc3Nc3ccc(Br)cc32)CC1. The van der Waals surface area contributed by atoms with Crippen molar-refractivity contribution in [1.82, 2.24) is 4.98 Å². The van der Waals surface area contributed by atoms with Crippen LogP contribution in [0.15, 0.2) is 46.2 Å². The Bertz CT molecular complexity index is 889. The molecule has 1 fully saturated rings. The normalized spacial score (nSPS) is 18.7. The minimum absolute atomic E-state index is 0.00846. The van der Waals surface area contributed by atoms with Crippen molar-refractivity contribution in [3.63, 3.8) is 0 Å². The first-order chi connectivity index (χ1) is 13.2. The zero-order valence-electron chi connectivity index (χ0n) is 15.1. The van der Waals surface area contributed by atoms with Gasteiger partial charge in [0.2, 0.25) is 5.91 Å². The Morgan fingerprint density at radius 3 is 2.93 bits per heavy atom. The molecule has 1 aromatic heterocycles. The standard InChI is InChI=1S/C20H21BrN4O2/c1-27-24-16-7-4-13(5-8-16)20(26)25-12-14-3-2-10-22-19(14)23-17-9-6-15(21)11-18(17)25/h2-3,6,9-11,13H,4-5,7-8,12H2,1H3,(H,22,23). The van der Waals surface area contributed by atoms with Crippen molar-refractivity contribution in [3.8, 4) is 0 Å². The first-order valence-corrected chi connectivity index (χ1v) is 9.85. The fourth-order valence-electron chi connectivity index (χ4n) is 3.73. The highest BCUT2D eigenvalue weighted by atomic mass is 79.9. The van der Waals surface area contributed by atoms with Crippen LogP contribution in [-0.2, 0) is 16.2 Å². The number of nitrogens with zero attached hydrogens (tertiary/aromatic N) is 3. The van der Waals surface area contributed by atoms with Crippen molar-refractivity contribution >= 4 is 44.7 Å². The second-order valence-electron chi connectivity index (χ2n) is 6.84. The van der Waals surface area contributed by atoms with E-state index >= 15 is 0 Å². The van der Waals surface area contributed by atoms with Gasteiger partial charge in [-0.2, -0.15) is 0 Å². The second-order valence-corrected chi connectivity index (χ2v) is 7.75. The summed E-state index contributed by atoms with van der Waals surface area (Å²) in [6, 6.07) is 9.86. The predicted octanol–water partition coefficient (Wildman–Crippen LogP) is 4.63. The van der Waals surface area contributed by atoms with Crippen molar-refractivity contribution in [3.05, 3.63) is 46.6 Å². The first-order valence-electron chi connectivity index (χ1n) is 9.06. The average Bonchev–Trinajstić information content (AvgIpc) is 2.85. The van der Waals surface area contributed by atoms with Crippen LogP contribution in [0.3, 0.4) is 0 Å². The fourth-order valence-corrected chi connectivity index (χ4v) is 4.08. The summed E-state index contributed by atoms with van der Waals surface area (Å²) in [5.41, 5.74) is 3.82. The summed E-state index contributed by atoms with van der Waals surface area (Å²) >= 11 is 3.54. The van der Waals surface area contributed by atoms with Crippen molar-refractivity contribution in [2.45, 2.75) is 32.2 Å². The highest BCUT2D eigenvalue weighted by Gasteiger charge is 2.32. The molecule has 2 aromatic rings. The first kappa shape index (κ1) is 18.0. The number of oxime groups is 1. The molecule has 2 aliphatic rings. The van der Waals surface area contributed by atoms with Gasteiger partial charge in [-0.15, -0.1) is 0 Å². The van der Waals surface area contributed by atoms with Crippen LogP contribution < -0.4 is 10.2 Å². The van der Waals surface area contributed by atoms with Crippen LogP contribution in [0.5, 0.6) is 0 Å². The molecule has 0 saturated heterocycles. The molecule has 0 atom stereocenters. The number of aromatic nitrogens is 1. The Kier molecular flexibility index (Phi) is 5.11. The van der Waals surface area contributed by atoms with Crippen molar-refractivity contribution in [1.29, 1.82) is 0 Å². The van der Waals surface area contributed by atoms with Gasteiger partial charge in [0, 0.05) is 22.2 Å². The maximum Gasteiger partial charge on any atom is 0.230 e. The number of hydrogen-bond acceptors (Lipinski definition) is 5. The highest BCUT2D eigenvalue weighted by molar-refractivity contribution is 9.10. The number of carbonyl (C=O) groups excluding carboxylic acids is 1. The van der Waals surface area contributed by atoms with Gasteiger partial charge in [0.1, 0.15) is 12.9 Å². The number of anilines is 3. The van der Waals surface area contributed by atoms with Crippen LogP contribution >= 0.6 is 15.9 Å². The summed E-state index contributed by atoms with van der Waals surface area (Å²) in [7, 11) is 1.56. The van der Waals surface area contributed by atoms with E-state index in [-0.39, 0.29) is 11.8 Å². The van der Waals surface area contributed by atoms with Gasteiger partial charge in [-0.3, -0.25) is 4.79 Å². The number of nitrogens with one attached hydrogen (secondary N) is 1. The van der Waals surface area contributed by atoms with E-state index in [1.165, 1.54) is 0 Å². The lowest BCUT2D eigenvalue weighted by atomic mass is 9.86. The molecule has 0 spiro atoms. The van der Waals surface area contributed by atoms with Gasteiger partial charge in [0.25, 0.3) is 0 Å². The third kappa shape index (κ3) is 3.69. The lowest BCUT2D eigenvalue weighted by Gasteiger charge is -2.29. The van der Waals surface area contributed by atoms with Gasteiger partial charge in [-0.05, 0) is 49.9 Å². The van der Waals surface area contributed by atoms with E-state index in [1.54, 1.807) is 13.3 Å². The summed E-state index contributed by atoms with van der Waals surface area (Å²) in [5.74, 6) is 0.949. The van der Waals surface area contributed by atoms with Gasteiger partial charge in [0.05, 0.1) is 23.6 Å². The Morgan fingerprint density at radius 2 is 2.15 bits per heavy atom. The smallest absolute Gasteiger partial charge is 0.230 e. The summed E-state index contributed by atoms with van der Waals surface area (Å²) < 4.78 is 0.943. The van der Waals surface area contributed by atoms with E-state index in [4.69, 9.17) is 4.84 Å². The quantitative estimate of drug-likeness (QED) is 0.708. The molecule has 1 saturated carbocycles. The minimum atomic E-state index is -0.00846. The molecule has 0 radical (unpaired) electrons. The molecule has 1 aliphatic heterocycles. The van der Waals surface area contributed by atoms with E-state index < -0.39 is 0 Å². The molecule has 1 aromatic carbocycles. The molecule has 1 aliphatic carbocycles. The molecule has 4 rings (SSSR count). The Morgan fingerprint density at radius 1 is 1.33 bits per heavy atom. The maximum atomic E-state index is 13.4. The van der Waals surface area contributed by atoms with E-state index in [2.05, 4.69) is 31.4 Å². The van der Waals surface area contributed by atoms with Crippen LogP contribution in [0.2, 0.25) is 0 Å². The van der Waals surface area contributed by atoms with E-state index in [0.29, 0.717) is 6.54 Å². The lowest BCUT2D eigenvalue weighted by Crippen LogP contribution is -2.37. The van der Waals surface area contributed by atoms with Crippen molar-refractivity contribution < 1.29 is 9.63 Å². The van der Waals surface area contributed by atoms with Crippen LogP contribution in [0.25, 0.3) is 0 Å². The molecule has 0 bridgehead atoms. The van der Waals surface area contributed by atoms with Gasteiger partial charge in [-0.1, -0.05) is 27.2 Å². The molecular weight excluding hydrogens is 408 g/mol. The van der Waals surface area contributed by atoms with Crippen molar-refractivity contribution in [2.24, 2.45) is 11.1 Å². The largest absolute Gasteiger partial charge is 0.399 e. The lowest BCUT2D eigenvalue weighted by molar-refractivity contribution is -0.123. The van der Waals surface area contributed by atoms with Gasteiger partial charge < -0.3 is 15.1 Å². The number of rotatable bonds is 2. The Labute approximate surface area is 166 Å². The number of amides is 1. The van der Waals surface area contributed by atoms with Crippen LogP contribution in [0.1, 0.15) is 31.2 Å². The number of halogens is 1. The zero-order valence-corrected chi connectivity index (χ0v) is 16.7. The fraction of sp³-hybridized carbons (Fsp3) is 0.350. The molecule has 0 unspecified atom stereocenters. The molecule has 2 heterocycles. The number of pyridine rings is 1. The van der Waals surface area contributed by atoms with E-state index in [1.807, 2.05) is 35.2 Å². The molecule has 6 nitrogen and oxygen atoms in total. The number of benzene rings is 1. The summed E-state index contributed by atoms with van der Waals surface area (Å²) in [6.45, 7) is 0.508. The van der Waals surface area contributed by atoms with E-state index in [9.17, 15) is 4.79 Å². The molecule has 27 heavy (non-hydrogen) atoms. The minimum Gasteiger partial charge on any atom is -0.399 e. The second kappa shape index (κ2) is 7.68. The Hall–Kier alpha value is -2.41. The van der Waals surface area contributed by atoms with Gasteiger partial charge in [0.15, 0.2) is 0 Å². The van der Waals surface area contributed by atoms with E-state index in [0.717, 1.165) is 58.6 Å². The predicted molar refractivity (Wildman–Crippen MR) is 109 cm³/mol. The molecule has 1 N–H and O–H groups in total. The molecule has 7 heteroatoms. The summed E-state index contributed by atoms with van der Waals surface area (Å²) in [6.07, 6.45) is 4.97. The number of fused-ring (bicyclic) bond motifs is 2. The van der Waals surface area contributed by atoms with Crippen molar-refractivity contribution in [2.75, 3.05) is 17.3 Å². The topological polar surface area (TPSA) is 66.8 Å². The number of carbonyl (C=O) groups is 1. The Balaban J connectivity index is 1.66. The van der Waals surface area contributed by atoms with Gasteiger partial charge >= 0.3 is 0 Å². The third-order valence-electron chi connectivity index (χ3n) is 5.12. The maximum absolute atomic E-state index is 13.4. The van der Waals surface area contributed by atoms with Crippen LogP contribution in [0.4, 0.5) is 17.2 Å². The summed E-state index contributed by atoms with van der Waals surface area (Å²) in [5, 5.41) is 7.43. The monoisotopic (exact) mass is 428 g/mol. The average molecular weight is 429 g/mol. The van der Waals surface area contributed by atoms with Crippen LogP contribution in [-0.4, -0.2) is 23.7 Å².